The molecule has 0 aliphatic carbocycles. The molecule has 6 nitrogen and oxygen atoms in total. The monoisotopic (exact) mass is 388 g/mol. The average molecular weight is 388 g/mol. The fourth-order valence-corrected chi connectivity index (χ4v) is 3.63. The lowest BCUT2D eigenvalue weighted by molar-refractivity contribution is 0.0124. The van der Waals surface area contributed by atoms with Gasteiger partial charge in [-0.05, 0) is 43.5 Å². The summed E-state index contributed by atoms with van der Waals surface area (Å²) < 4.78 is 20.3. The van der Waals surface area contributed by atoms with Gasteiger partial charge in [0.2, 0.25) is 0 Å². The van der Waals surface area contributed by atoms with E-state index in [1.165, 1.54) is 12.1 Å². The molecular weight excluding hydrogens is 359 g/mol. The number of halogens is 1. The van der Waals surface area contributed by atoms with E-state index in [1.807, 2.05) is 6.92 Å². The number of hydrogen-bond donors (Lipinski definition) is 1. The fraction of sp³-hybridized carbons (Fsp3) is 0.524. The van der Waals surface area contributed by atoms with Crippen molar-refractivity contribution in [3.8, 4) is 5.69 Å². The van der Waals surface area contributed by atoms with Gasteiger partial charge >= 0.3 is 0 Å². The Kier molecular flexibility index (Phi) is 6.80. The van der Waals surface area contributed by atoms with Crippen LogP contribution in [0.1, 0.15) is 36.3 Å². The number of carbonyl (C=O) groups is 1. The zero-order chi connectivity index (χ0) is 20.1. The standard InChI is InChI=1S/C21H29FN4O2/c1-15(2)12-19(25-8-10-28-11-9-25)13-23-21(27)20-14-24-26(16(20)3)18-6-4-17(22)5-7-18/h4-7,14-15,19H,8-13H2,1-3H3,(H,23,27). The number of nitrogens with one attached hydrogen (secondary N) is 1. The van der Waals surface area contributed by atoms with E-state index in [0.29, 0.717) is 24.1 Å². The van der Waals surface area contributed by atoms with E-state index >= 15 is 0 Å². The Bertz CT molecular complexity index is 782. The van der Waals surface area contributed by atoms with Gasteiger partial charge in [-0.15, -0.1) is 0 Å². The number of carbonyl (C=O) groups excluding carboxylic acids is 1. The summed E-state index contributed by atoms with van der Waals surface area (Å²) in [4.78, 5) is 15.2. The van der Waals surface area contributed by atoms with E-state index in [9.17, 15) is 9.18 Å². The third-order valence-corrected chi connectivity index (χ3v) is 5.13. The van der Waals surface area contributed by atoms with Crippen LogP contribution in [0.3, 0.4) is 0 Å². The zero-order valence-electron chi connectivity index (χ0n) is 16.8. The van der Waals surface area contributed by atoms with E-state index in [1.54, 1.807) is 23.0 Å². The van der Waals surface area contributed by atoms with Crippen molar-refractivity contribution in [2.24, 2.45) is 5.92 Å². The summed E-state index contributed by atoms with van der Waals surface area (Å²) in [6, 6.07) is 6.35. The smallest absolute Gasteiger partial charge is 0.254 e. The number of rotatable bonds is 7. The second-order valence-corrected chi connectivity index (χ2v) is 7.67. The van der Waals surface area contributed by atoms with Gasteiger partial charge in [0.05, 0.1) is 36.4 Å². The summed E-state index contributed by atoms with van der Waals surface area (Å²) >= 11 is 0. The molecule has 1 unspecified atom stereocenters. The lowest BCUT2D eigenvalue weighted by Gasteiger charge is -2.35. The second kappa shape index (κ2) is 9.30. The fourth-order valence-electron chi connectivity index (χ4n) is 3.63. The van der Waals surface area contributed by atoms with Gasteiger partial charge in [0.1, 0.15) is 5.82 Å². The summed E-state index contributed by atoms with van der Waals surface area (Å²) in [6.45, 7) is 10.1. The number of ether oxygens (including phenoxy) is 1. The average Bonchev–Trinajstić information content (AvgIpc) is 3.07. The molecule has 0 bridgehead atoms. The van der Waals surface area contributed by atoms with Gasteiger partial charge in [0.25, 0.3) is 5.91 Å². The molecule has 3 rings (SSSR count). The van der Waals surface area contributed by atoms with Crippen molar-refractivity contribution >= 4 is 5.91 Å². The van der Waals surface area contributed by atoms with Crippen LogP contribution in [0, 0.1) is 18.7 Å². The Hall–Kier alpha value is -2.25. The Morgan fingerprint density at radius 1 is 1.25 bits per heavy atom. The largest absolute Gasteiger partial charge is 0.379 e. The van der Waals surface area contributed by atoms with Gasteiger partial charge in [-0.1, -0.05) is 13.8 Å². The van der Waals surface area contributed by atoms with Gasteiger partial charge < -0.3 is 10.1 Å². The summed E-state index contributed by atoms with van der Waals surface area (Å²) in [7, 11) is 0. The van der Waals surface area contributed by atoms with Crippen LogP contribution >= 0.6 is 0 Å². The van der Waals surface area contributed by atoms with Gasteiger partial charge in [-0.25, -0.2) is 9.07 Å². The van der Waals surface area contributed by atoms with Crippen LogP contribution in [-0.2, 0) is 4.74 Å². The van der Waals surface area contributed by atoms with Crippen LogP contribution in [0.5, 0.6) is 0 Å². The summed E-state index contributed by atoms with van der Waals surface area (Å²) in [5.74, 6) is 0.117. The number of aromatic nitrogens is 2. The predicted molar refractivity (Wildman–Crippen MR) is 106 cm³/mol. The van der Waals surface area contributed by atoms with E-state index in [-0.39, 0.29) is 11.7 Å². The highest BCUT2D eigenvalue weighted by atomic mass is 19.1. The first-order chi connectivity index (χ1) is 13.5. The van der Waals surface area contributed by atoms with Crippen molar-refractivity contribution in [3.63, 3.8) is 0 Å². The lowest BCUT2D eigenvalue weighted by atomic mass is 10.0. The number of benzene rings is 1. The van der Waals surface area contributed by atoms with E-state index in [0.717, 1.165) is 44.1 Å². The van der Waals surface area contributed by atoms with Crippen molar-refractivity contribution in [1.29, 1.82) is 0 Å². The van der Waals surface area contributed by atoms with Gasteiger partial charge in [0, 0.05) is 25.7 Å². The number of hydrogen-bond acceptors (Lipinski definition) is 4. The van der Waals surface area contributed by atoms with Crippen LogP contribution in [-0.4, -0.2) is 59.5 Å². The number of amides is 1. The molecule has 1 amide bonds. The van der Waals surface area contributed by atoms with Gasteiger partial charge in [-0.3, -0.25) is 9.69 Å². The SMILES string of the molecule is Cc1c(C(=O)NCC(CC(C)C)N2CCOCC2)cnn1-c1ccc(F)cc1. The zero-order valence-corrected chi connectivity index (χ0v) is 16.8. The first kappa shape index (κ1) is 20.5. The Morgan fingerprint density at radius 2 is 1.93 bits per heavy atom. The normalized spacial score (nSPS) is 16.3. The van der Waals surface area contributed by atoms with Crippen molar-refractivity contribution in [3.05, 3.63) is 47.5 Å². The molecule has 7 heteroatoms. The molecule has 0 spiro atoms. The summed E-state index contributed by atoms with van der Waals surface area (Å²) in [6.07, 6.45) is 2.59. The van der Waals surface area contributed by atoms with E-state index in [4.69, 9.17) is 4.74 Å². The van der Waals surface area contributed by atoms with Gasteiger partial charge in [0.15, 0.2) is 0 Å². The third kappa shape index (κ3) is 4.97. The topological polar surface area (TPSA) is 59.4 Å². The Labute approximate surface area is 165 Å². The highest BCUT2D eigenvalue weighted by molar-refractivity contribution is 5.95. The molecule has 1 aromatic heterocycles. The molecule has 1 aromatic carbocycles. The molecule has 1 fully saturated rings. The number of morpholine rings is 1. The predicted octanol–water partition coefficient (Wildman–Crippen LogP) is 2.80. The molecule has 1 aliphatic heterocycles. The van der Waals surface area contributed by atoms with E-state index in [2.05, 4.69) is 29.2 Å². The first-order valence-corrected chi connectivity index (χ1v) is 9.86. The molecular formula is C21H29FN4O2. The minimum absolute atomic E-state index is 0.132. The minimum Gasteiger partial charge on any atom is -0.379 e. The molecule has 1 aliphatic rings. The maximum Gasteiger partial charge on any atom is 0.254 e. The molecule has 2 heterocycles. The van der Waals surface area contributed by atoms with Crippen molar-refractivity contribution < 1.29 is 13.9 Å². The maximum atomic E-state index is 13.2. The molecule has 2 aromatic rings. The Balaban J connectivity index is 1.67. The minimum atomic E-state index is -0.300. The third-order valence-electron chi connectivity index (χ3n) is 5.13. The molecule has 1 N–H and O–H groups in total. The molecule has 28 heavy (non-hydrogen) atoms. The molecule has 152 valence electrons. The van der Waals surface area contributed by atoms with Crippen LogP contribution in [0.15, 0.2) is 30.5 Å². The second-order valence-electron chi connectivity index (χ2n) is 7.67. The molecule has 1 atom stereocenters. The van der Waals surface area contributed by atoms with Crippen molar-refractivity contribution in [2.45, 2.75) is 33.2 Å². The van der Waals surface area contributed by atoms with Crippen LogP contribution in [0.4, 0.5) is 4.39 Å². The van der Waals surface area contributed by atoms with Crippen molar-refractivity contribution in [2.75, 3.05) is 32.8 Å². The maximum absolute atomic E-state index is 13.2. The number of nitrogens with zero attached hydrogens (tertiary/aromatic N) is 3. The van der Waals surface area contributed by atoms with Crippen LogP contribution in [0.2, 0.25) is 0 Å². The summed E-state index contributed by atoms with van der Waals surface area (Å²) in [5.41, 5.74) is 1.99. The highest BCUT2D eigenvalue weighted by Crippen LogP contribution is 2.16. The first-order valence-electron chi connectivity index (χ1n) is 9.86. The molecule has 0 saturated carbocycles. The summed E-state index contributed by atoms with van der Waals surface area (Å²) in [5, 5.41) is 7.39. The van der Waals surface area contributed by atoms with Crippen molar-refractivity contribution in [1.82, 2.24) is 20.0 Å². The Morgan fingerprint density at radius 3 is 2.57 bits per heavy atom. The van der Waals surface area contributed by atoms with Gasteiger partial charge in [-0.2, -0.15) is 5.10 Å². The molecule has 0 radical (unpaired) electrons. The highest BCUT2D eigenvalue weighted by Gasteiger charge is 2.23. The lowest BCUT2D eigenvalue weighted by Crippen LogP contribution is -2.49. The molecule has 1 saturated heterocycles. The van der Waals surface area contributed by atoms with E-state index < -0.39 is 0 Å². The van der Waals surface area contributed by atoms with Crippen LogP contribution < -0.4 is 5.32 Å². The quantitative estimate of drug-likeness (QED) is 0.792. The van der Waals surface area contributed by atoms with Crippen LogP contribution in [0.25, 0.3) is 5.69 Å².